The van der Waals surface area contributed by atoms with E-state index in [1.54, 1.807) is 0 Å². The van der Waals surface area contributed by atoms with Gasteiger partial charge in [0.1, 0.15) is 0 Å². The Morgan fingerprint density at radius 1 is 1.35 bits per heavy atom. The summed E-state index contributed by atoms with van der Waals surface area (Å²) in [6, 6.07) is 0.230. The quantitative estimate of drug-likeness (QED) is 0.681. The number of nitrogens with zero attached hydrogens (tertiary/aromatic N) is 1. The highest BCUT2D eigenvalue weighted by Crippen LogP contribution is 2.22. The van der Waals surface area contributed by atoms with Gasteiger partial charge in [0.2, 0.25) is 5.91 Å². The van der Waals surface area contributed by atoms with Gasteiger partial charge in [0.05, 0.1) is 0 Å². The molecule has 0 spiro atoms. The first-order valence-corrected chi connectivity index (χ1v) is 6.77. The van der Waals surface area contributed by atoms with Crippen LogP contribution in [-0.2, 0) is 4.79 Å². The van der Waals surface area contributed by atoms with Crippen LogP contribution < -0.4 is 11.1 Å². The van der Waals surface area contributed by atoms with Crippen molar-refractivity contribution in [3.63, 3.8) is 0 Å². The number of carbonyl (C=O) groups excluding carboxylic acids is 1. The molecule has 4 heteroatoms. The van der Waals surface area contributed by atoms with Crippen LogP contribution in [-0.4, -0.2) is 44.0 Å². The van der Waals surface area contributed by atoms with Crippen molar-refractivity contribution in [2.45, 2.75) is 44.6 Å². The van der Waals surface area contributed by atoms with Crippen molar-refractivity contribution in [3.05, 3.63) is 0 Å². The molecule has 0 heterocycles. The molecule has 0 aliphatic heterocycles. The van der Waals surface area contributed by atoms with Gasteiger partial charge < -0.3 is 16.0 Å². The molecule has 0 aromatic heterocycles. The molecule has 1 aliphatic rings. The topological polar surface area (TPSA) is 58.4 Å². The zero-order valence-electron chi connectivity index (χ0n) is 11.2. The second kappa shape index (κ2) is 7.67. The van der Waals surface area contributed by atoms with Gasteiger partial charge in [0.25, 0.3) is 0 Å². The number of hydrogen-bond donors (Lipinski definition) is 2. The van der Waals surface area contributed by atoms with Crippen molar-refractivity contribution < 1.29 is 4.79 Å². The Labute approximate surface area is 105 Å². The van der Waals surface area contributed by atoms with Crippen molar-refractivity contribution in [3.8, 4) is 0 Å². The molecular weight excluding hydrogens is 214 g/mol. The predicted molar refractivity (Wildman–Crippen MR) is 70.7 cm³/mol. The van der Waals surface area contributed by atoms with E-state index in [9.17, 15) is 4.79 Å². The second-order valence-electron chi connectivity index (χ2n) is 5.43. The minimum Gasteiger partial charge on any atom is -0.356 e. The fourth-order valence-electron chi connectivity index (χ4n) is 2.37. The number of nitrogens with two attached hydrogens (primary N) is 1. The van der Waals surface area contributed by atoms with E-state index in [0.29, 0.717) is 0 Å². The second-order valence-corrected chi connectivity index (χ2v) is 5.43. The fraction of sp³-hybridized carbons (Fsp3) is 0.923. The monoisotopic (exact) mass is 241 g/mol. The smallest absolute Gasteiger partial charge is 0.223 e. The highest BCUT2D eigenvalue weighted by Gasteiger charge is 2.24. The Balaban J connectivity index is 2.08. The highest BCUT2D eigenvalue weighted by atomic mass is 16.1. The van der Waals surface area contributed by atoms with Gasteiger partial charge in [0, 0.05) is 18.5 Å². The van der Waals surface area contributed by atoms with Crippen LogP contribution in [0.2, 0.25) is 0 Å². The molecule has 17 heavy (non-hydrogen) atoms. The molecule has 0 saturated heterocycles. The van der Waals surface area contributed by atoms with E-state index in [1.165, 1.54) is 0 Å². The van der Waals surface area contributed by atoms with Crippen LogP contribution in [0.25, 0.3) is 0 Å². The Kier molecular flexibility index (Phi) is 6.52. The summed E-state index contributed by atoms with van der Waals surface area (Å²) in [5.74, 6) is 0.373. The number of unbranched alkanes of at least 4 members (excludes halogenated alkanes) is 1. The van der Waals surface area contributed by atoms with Crippen molar-refractivity contribution >= 4 is 5.91 Å². The zero-order valence-corrected chi connectivity index (χ0v) is 11.2. The maximum atomic E-state index is 11.9. The van der Waals surface area contributed by atoms with Gasteiger partial charge in [-0.3, -0.25) is 4.79 Å². The van der Waals surface area contributed by atoms with Crippen molar-refractivity contribution in [2.24, 2.45) is 11.7 Å². The Bertz CT molecular complexity index is 231. The summed E-state index contributed by atoms with van der Waals surface area (Å²) in [6.07, 6.45) is 6.24. The third-order valence-electron chi connectivity index (χ3n) is 3.42. The van der Waals surface area contributed by atoms with Crippen LogP contribution >= 0.6 is 0 Å². The van der Waals surface area contributed by atoms with Gasteiger partial charge in [-0.1, -0.05) is 6.42 Å². The summed E-state index contributed by atoms with van der Waals surface area (Å²) in [4.78, 5) is 14.0. The summed E-state index contributed by atoms with van der Waals surface area (Å²) >= 11 is 0. The first-order valence-electron chi connectivity index (χ1n) is 6.77. The molecule has 4 nitrogen and oxygen atoms in total. The Morgan fingerprint density at radius 2 is 2.12 bits per heavy atom. The van der Waals surface area contributed by atoms with Gasteiger partial charge in [-0.15, -0.1) is 0 Å². The first kappa shape index (κ1) is 14.5. The minimum atomic E-state index is 0.160. The van der Waals surface area contributed by atoms with Gasteiger partial charge in [0.15, 0.2) is 0 Å². The molecule has 1 fully saturated rings. The molecule has 100 valence electrons. The fourth-order valence-corrected chi connectivity index (χ4v) is 2.37. The van der Waals surface area contributed by atoms with E-state index in [-0.39, 0.29) is 17.9 Å². The average Bonchev–Trinajstić information content (AvgIpc) is 2.28. The standard InChI is InChI=1S/C13H27N3O/c1-16(2)9-4-3-8-15-13(17)11-6-5-7-12(14)10-11/h11-12H,3-10,14H2,1-2H3,(H,15,17). The van der Waals surface area contributed by atoms with Crippen molar-refractivity contribution in [1.29, 1.82) is 0 Å². The lowest BCUT2D eigenvalue weighted by Crippen LogP contribution is -2.38. The predicted octanol–water partition coefficient (Wildman–Crippen LogP) is 0.962. The third-order valence-corrected chi connectivity index (χ3v) is 3.42. The SMILES string of the molecule is CN(C)CCCCNC(=O)C1CCCC(N)C1. The number of amides is 1. The number of nitrogens with one attached hydrogen (secondary N) is 1. The van der Waals surface area contributed by atoms with E-state index in [1.807, 2.05) is 0 Å². The summed E-state index contributed by atoms with van der Waals surface area (Å²) in [5.41, 5.74) is 5.89. The van der Waals surface area contributed by atoms with E-state index < -0.39 is 0 Å². The normalized spacial score (nSPS) is 24.9. The molecule has 1 rings (SSSR count). The van der Waals surface area contributed by atoms with Crippen LogP contribution in [0.5, 0.6) is 0 Å². The van der Waals surface area contributed by atoms with Crippen LogP contribution in [0, 0.1) is 5.92 Å². The van der Waals surface area contributed by atoms with E-state index >= 15 is 0 Å². The van der Waals surface area contributed by atoms with Crippen LogP contribution in [0.1, 0.15) is 38.5 Å². The molecule has 1 amide bonds. The molecule has 0 bridgehead atoms. The first-order chi connectivity index (χ1) is 8.09. The van der Waals surface area contributed by atoms with Gasteiger partial charge in [-0.05, 0) is 52.7 Å². The minimum absolute atomic E-state index is 0.160. The maximum Gasteiger partial charge on any atom is 0.223 e. The number of carbonyl (C=O) groups is 1. The van der Waals surface area contributed by atoms with Crippen LogP contribution in [0.4, 0.5) is 0 Å². The molecule has 2 unspecified atom stereocenters. The molecule has 2 atom stereocenters. The lowest BCUT2D eigenvalue weighted by Gasteiger charge is -2.25. The van der Waals surface area contributed by atoms with Crippen LogP contribution in [0.3, 0.4) is 0 Å². The number of rotatable bonds is 6. The van der Waals surface area contributed by atoms with Crippen molar-refractivity contribution in [1.82, 2.24) is 10.2 Å². The van der Waals surface area contributed by atoms with Gasteiger partial charge >= 0.3 is 0 Å². The van der Waals surface area contributed by atoms with Gasteiger partial charge in [-0.2, -0.15) is 0 Å². The molecule has 3 N–H and O–H groups in total. The highest BCUT2D eigenvalue weighted by molar-refractivity contribution is 5.78. The maximum absolute atomic E-state index is 11.9. The van der Waals surface area contributed by atoms with Crippen LogP contribution in [0.15, 0.2) is 0 Å². The molecule has 0 aromatic rings. The lowest BCUT2D eigenvalue weighted by molar-refractivity contribution is -0.126. The Hall–Kier alpha value is -0.610. The van der Waals surface area contributed by atoms with E-state index in [0.717, 1.165) is 51.6 Å². The molecule has 0 aromatic carbocycles. The molecule has 1 saturated carbocycles. The molecule has 0 radical (unpaired) electrons. The van der Waals surface area contributed by atoms with Crippen molar-refractivity contribution in [2.75, 3.05) is 27.2 Å². The molecular formula is C13H27N3O. The van der Waals surface area contributed by atoms with E-state index in [2.05, 4.69) is 24.3 Å². The largest absolute Gasteiger partial charge is 0.356 e. The van der Waals surface area contributed by atoms with Gasteiger partial charge in [-0.25, -0.2) is 0 Å². The summed E-state index contributed by atoms with van der Waals surface area (Å²) < 4.78 is 0. The number of hydrogen-bond acceptors (Lipinski definition) is 3. The third kappa shape index (κ3) is 6.03. The Morgan fingerprint density at radius 3 is 2.76 bits per heavy atom. The van der Waals surface area contributed by atoms with E-state index in [4.69, 9.17) is 5.73 Å². The summed E-state index contributed by atoms with van der Waals surface area (Å²) in [6.45, 7) is 1.89. The zero-order chi connectivity index (χ0) is 12.7. The summed E-state index contributed by atoms with van der Waals surface area (Å²) in [7, 11) is 4.14. The molecule has 1 aliphatic carbocycles. The lowest BCUT2D eigenvalue weighted by atomic mass is 9.85. The average molecular weight is 241 g/mol. The summed E-state index contributed by atoms with van der Waals surface area (Å²) in [5, 5.41) is 3.03.